The van der Waals surface area contributed by atoms with Crippen LogP contribution in [0.1, 0.15) is 22.9 Å². The Balaban J connectivity index is 1.88. The summed E-state index contributed by atoms with van der Waals surface area (Å²) in [4.78, 5) is 5.52. The Morgan fingerprint density at radius 3 is 3.00 bits per heavy atom. The Hall–Kier alpha value is -0.420. The van der Waals surface area contributed by atoms with Crippen LogP contribution in [0.15, 0.2) is 23.7 Å². The SMILES string of the molecule is CC(NCc1ccc(Cl)s1)c1nccs1. The molecule has 2 heterocycles. The Morgan fingerprint density at radius 2 is 2.40 bits per heavy atom. The van der Waals surface area contributed by atoms with Gasteiger partial charge in [-0.1, -0.05) is 11.6 Å². The first-order chi connectivity index (χ1) is 7.25. The zero-order chi connectivity index (χ0) is 10.7. The average Bonchev–Trinajstić information content (AvgIpc) is 2.84. The van der Waals surface area contributed by atoms with Crippen LogP contribution in [0.5, 0.6) is 0 Å². The number of hydrogen-bond acceptors (Lipinski definition) is 4. The number of hydrogen-bond donors (Lipinski definition) is 1. The lowest BCUT2D eigenvalue weighted by Gasteiger charge is -2.09. The predicted octanol–water partition coefficient (Wildman–Crippen LogP) is 3.71. The van der Waals surface area contributed by atoms with Gasteiger partial charge >= 0.3 is 0 Å². The maximum Gasteiger partial charge on any atom is 0.109 e. The van der Waals surface area contributed by atoms with Crippen molar-refractivity contribution in [2.24, 2.45) is 0 Å². The Labute approximate surface area is 102 Å². The smallest absolute Gasteiger partial charge is 0.109 e. The van der Waals surface area contributed by atoms with E-state index >= 15 is 0 Å². The van der Waals surface area contributed by atoms with Crippen molar-refractivity contribution in [3.05, 3.63) is 37.9 Å². The van der Waals surface area contributed by atoms with Gasteiger partial charge in [0.05, 0.1) is 10.4 Å². The first-order valence-electron chi connectivity index (χ1n) is 4.62. The van der Waals surface area contributed by atoms with E-state index in [9.17, 15) is 0 Å². The van der Waals surface area contributed by atoms with Crippen LogP contribution in [0.4, 0.5) is 0 Å². The molecule has 0 radical (unpaired) electrons. The highest BCUT2D eigenvalue weighted by Gasteiger charge is 2.07. The number of halogens is 1. The molecule has 80 valence electrons. The van der Waals surface area contributed by atoms with Gasteiger partial charge in [0.1, 0.15) is 5.01 Å². The minimum absolute atomic E-state index is 0.297. The number of nitrogens with zero attached hydrogens (tertiary/aromatic N) is 1. The topological polar surface area (TPSA) is 24.9 Å². The molecule has 0 bridgehead atoms. The molecule has 2 nitrogen and oxygen atoms in total. The maximum absolute atomic E-state index is 5.86. The molecule has 0 saturated carbocycles. The highest BCUT2D eigenvalue weighted by atomic mass is 35.5. The highest BCUT2D eigenvalue weighted by molar-refractivity contribution is 7.16. The fraction of sp³-hybridized carbons (Fsp3) is 0.300. The van der Waals surface area contributed by atoms with E-state index in [1.165, 1.54) is 4.88 Å². The summed E-state index contributed by atoms with van der Waals surface area (Å²) in [6.45, 7) is 2.96. The summed E-state index contributed by atoms with van der Waals surface area (Å²) in [6, 6.07) is 4.28. The van der Waals surface area contributed by atoms with Crippen LogP contribution >= 0.6 is 34.3 Å². The lowest BCUT2D eigenvalue weighted by atomic mass is 10.3. The lowest BCUT2D eigenvalue weighted by molar-refractivity contribution is 0.576. The fourth-order valence-electron chi connectivity index (χ4n) is 1.24. The zero-order valence-corrected chi connectivity index (χ0v) is 10.6. The fourth-order valence-corrected chi connectivity index (χ4v) is 2.94. The third-order valence-electron chi connectivity index (χ3n) is 2.03. The molecule has 0 saturated heterocycles. The van der Waals surface area contributed by atoms with E-state index in [1.807, 2.05) is 17.6 Å². The van der Waals surface area contributed by atoms with E-state index < -0.39 is 0 Å². The van der Waals surface area contributed by atoms with Crippen LogP contribution in [0.2, 0.25) is 4.34 Å². The van der Waals surface area contributed by atoms with E-state index in [0.29, 0.717) is 6.04 Å². The normalized spacial score (nSPS) is 12.9. The first-order valence-corrected chi connectivity index (χ1v) is 6.70. The molecule has 0 aromatic carbocycles. The van der Waals surface area contributed by atoms with Crippen molar-refractivity contribution < 1.29 is 0 Å². The van der Waals surface area contributed by atoms with Crippen LogP contribution in [0.3, 0.4) is 0 Å². The predicted molar refractivity (Wildman–Crippen MR) is 66.7 cm³/mol. The molecule has 2 aromatic rings. The van der Waals surface area contributed by atoms with Gasteiger partial charge < -0.3 is 5.32 Å². The van der Waals surface area contributed by atoms with Crippen LogP contribution in [-0.2, 0) is 6.54 Å². The van der Waals surface area contributed by atoms with E-state index in [-0.39, 0.29) is 0 Å². The summed E-state index contributed by atoms with van der Waals surface area (Å²) < 4.78 is 0.841. The molecule has 0 aliphatic rings. The molecule has 5 heteroatoms. The third-order valence-corrected chi connectivity index (χ3v) is 4.22. The summed E-state index contributed by atoms with van der Waals surface area (Å²) in [6.07, 6.45) is 1.83. The van der Waals surface area contributed by atoms with Crippen molar-refractivity contribution in [2.75, 3.05) is 0 Å². The van der Waals surface area contributed by atoms with Crippen LogP contribution in [0.25, 0.3) is 0 Å². The van der Waals surface area contributed by atoms with Gasteiger partial charge in [0.2, 0.25) is 0 Å². The number of nitrogens with one attached hydrogen (secondary N) is 1. The van der Waals surface area contributed by atoms with E-state index in [1.54, 1.807) is 22.7 Å². The number of thiazole rings is 1. The standard InChI is InChI=1S/C10H11ClN2S2/c1-7(10-12-4-5-14-10)13-6-8-2-3-9(11)15-8/h2-5,7,13H,6H2,1H3. The van der Waals surface area contributed by atoms with Crippen molar-refractivity contribution in [1.29, 1.82) is 0 Å². The van der Waals surface area contributed by atoms with E-state index in [2.05, 4.69) is 23.3 Å². The summed E-state index contributed by atoms with van der Waals surface area (Å²) in [7, 11) is 0. The van der Waals surface area contributed by atoms with E-state index in [4.69, 9.17) is 11.6 Å². The van der Waals surface area contributed by atoms with Crippen molar-refractivity contribution in [3.8, 4) is 0 Å². The second-order valence-corrected chi connectivity index (χ2v) is 5.90. The van der Waals surface area contributed by atoms with Crippen molar-refractivity contribution in [3.63, 3.8) is 0 Å². The molecular formula is C10H11ClN2S2. The highest BCUT2D eigenvalue weighted by Crippen LogP contribution is 2.22. The molecule has 1 N–H and O–H groups in total. The summed E-state index contributed by atoms with van der Waals surface area (Å²) in [5, 5.41) is 6.53. The molecule has 2 aromatic heterocycles. The maximum atomic E-state index is 5.86. The van der Waals surface area contributed by atoms with Gasteiger partial charge in [0.15, 0.2) is 0 Å². The van der Waals surface area contributed by atoms with Crippen molar-refractivity contribution in [2.45, 2.75) is 19.5 Å². The largest absolute Gasteiger partial charge is 0.303 e. The molecule has 15 heavy (non-hydrogen) atoms. The minimum atomic E-state index is 0.297. The molecular weight excluding hydrogens is 248 g/mol. The quantitative estimate of drug-likeness (QED) is 0.904. The monoisotopic (exact) mass is 258 g/mol. The Morgan fingerprint density at radius 1 is 1.53 bits per heavy atom. The molecule has 0 fully saturated rings. The molecule has 0 aliphatic heterocycles. The zero-order valence-electron chi connectivity index (χ0n) is 8.24. The van der Waals surface area contributed by atoms with Crippen molar-refractivity contribution >= 4 is 34.3 Å². The Bertz CT molecular complexity index is 411. The van der Waals surface area contributed by atoms with Crippen molar-refractivity contribution in [1.82, 2.24) is 10.3 Å². The number of rotatable bonds is 4. The molecule has 1 atom stereocenters. The first kappa shape index (κ1) is 11.1. The Kier molecular flexibility index (Phi) is 3.75. The second kappa shape index (κ2) is 5.07. The van der Waals surface area contributed by atoms with E-state index in [0.717, 1.165) is 15.9 Å². The summed E-state index contributed by atoms with van der Waals surface area (Å²) in [5.74, 6) is 0. The van der Waals surface area contributed by atoms with Crippen LogP contribution < -0.4 is 5.32 Å². The lowest BCUT2D eigenvalue weighted by Crippen LogP contribution is -2.17. The molecule has 2 rings (SSSR count). The van der Waals surface area contributed by atoms with Gasteiger partial charge in [-0.2, -0.15) is 0 Å². The summed E-state index contributed by atoms with van der Waals surface area (Å²) >= 11 is 9.14. The van der Waals surface area contributed by atoms with Gasteiger partial charge in [-0.3, -0.25) is 0 Å². The van der Waals surface area contributed by atoms with Crippen LogP contribution in [-0.4, -0.2) is 4.98 Å². The van der Waals surface area contributed by atoms with Gasteiger partial charge in [-0.15, -0.1) is 22.7 Å². The van der Waals surface area contributed by atoms with Gasteiger partial charge in [-0.05, 0) is 19.1 Å². The summed E-state index contributed by atoms with van der Waals surface area (Å²) in [5.41, 5.74) is 0. The number of thiophene rings is 1. The minimum Gasteiger partial charge on any atom is -0.303 e. The third kappa shape index (κ3) is 3.01. The van der Waals surface area contributed by atoms with Crippen LogP contribution in [0, 0.1) is 0 Å². The number of aromatic nitrogens is 1. The van der Waals surface area contributed by atoms with Gasteiger partial charge in [0.25, 0.3) is 0 Å². The average molecular weight is 259 g/mol. The van der Waals surface area contributed by atoms with Gasteiger partial charge in [0, 0.05) is 23.0 Å². The van der Waals surface area contributed by atoms with Gasteiger partial charge in [-0.25, -0.2) is 4.98 Å². The second-order valence-electron chi connectivity index (χ2n) is 3.18. The molecule has 0 spiro atoms. The molecule has 0 amide bonds. The molecule has 1 unspecified atom stereocenters. The molecule has 0 aliphatic carbocycles.